The van der Waals surface area contributed by atoms with Crippen LogP contribution in [0.2, 0.25) is 0 Å². The van der Waals surface area contributed by atoms with Gasteiger partial charge in [0.2, 0.25) is 0 Å². The van der Waals surface area contributed by atoms with Gasteiger partial charge in [-0.2, -0.15) is 15.6 Å². The van der Waals surface area contributed by atoms with E-state index in [0.29, 0.717) is 0 Å². The molecule has 0 spiro atoms. The summed E-state index contributed by atoms with van der Waals surface area (Å²) < 4.78 is 32.6. The summed E-state index contributed by atoms with van der Waals surface area (Å²) in [5, 5.41) is 2.60. The first-order valence-electron chi connectivity index (χ1n) is 1.43. The number of hydrogen-bond donors (Lipinski definition) is 3. The average Bonchev–Trinajstić information content (AvgIpc) is 1.72. The Morgan fingerprint density at radius 1 is 0.857 bits per heavy atom. The fourth-order valence-electron chi connectivity index (χ4n) is 0.0619. The van der Waals surface area contributed by atoms with Crippen LogP contribution in [0.25, 0.3) is 0 Å². The lowest BCUT2D eigenvalue weighted by Gasteiger charge is -1.98. The molecular formula is H4F3N3Si. The van der Waals surface area contributed by atoms with Crippen molar-refractivity contribution in [2.45, 2.75) is 0 Å². The molecule has 0 bridgehead atoms. The largest absolute Gasteiger partial charge is 0.350 e. The van der Waals surface area contributed by atoms with Gasteiger partial charge >= 0.3 is 9.28 Å². The molecule has 0 atom stereocenters. The Kier molecular flexibility index (Phi) is 3.99. The van der Waals surface area contributed by atoms with E-state index in [1.54, 1.807) is 0 Å². The highest BCUT2D eigenvalue weighted by Gasteiger charge is 2.06. The standard InChI is InChI=1S/F3H4N3Si/c1-4-7(5-2)6-3/h4-7H. The smallest absolute Gasteiger partial charge is 0.151 e. The van der Waals surface area contributed by atoms with Gasteiger partial charge in [-0.1, -0.05) is 0 Å². The Hall–Kier alpha value is -0.113. The van der Waals surface area contributed by atoms with Crippen LogP contribution in [0.15, 0.2) is 0 Å². The molecule has 0 radical (unpaired) electrons. The Bertz CT molecular complexity index is 31.7. The molecule has 3 nitrogen and oxygen atoms in total. The molecule has 0 aromatic heterocycles. The van der Waals surface area contributed by atoms with Crippen LogP contribution < -0.4 is 15.6 Å². The summed E-state index contributed by atoms with van der Waals surface area (Å²) in [6, 6.07) is 0. The molecule has 0 fully saturated rings. The van der Waals surface area contributed by atoms with Crippen molar-refractivity contribution in [2.75, 3.05) is 0 Å². The van der Waals surface area contributed by atoms with E-state index >= 15 is 0 Å². The summed E-state index contributed by atoms with van der Waals surface area (Å²) in [7, 11) is -2.92. The minimum atomic E-state index is -2.92. The van der Waals surface area contributed by atoms with E-state index in [1.807, 2.05) is 0 Å². The van der Waals surface area contributed by atoms with Crippen LogP contribution in [0.3, 0.4) is 0 Å². The first-order chi connectivity index (χ1) is 3.35. The highest BCUT2D eigenvalue weighted by atomic mass is 28.3. The second kappa shape index (κ2) is 4.06. The third-order valence-electron chi connectivity index (χ3n) is 0.327. The van der Waals surface area contributed by atoms with Gasteiger partial charge in [0.05, 0.1) is 0 Å². The number of rotatable bonds is 3. The summed E-state index contributed by atoms with van der Waals surface area (Å²) in [4.78, 5) is 0. The maximum Gasteiger partial charge on any atom is 0.350 e. The van der Waals surface area contributed by atoms with Crippen molar-refractivity contribution in [3.8, 4) is 0 Å². The molecule has 0 aromatic rings. The second-order valence-corrected chi connectivity index (χ2v) is 2.28. The number of nitrogens with one attached hydrogen (secondary N) is 3. The van der Waals surface area contributed by atoms with Crippen molar-refractivity contribution in [2.24, 2.45) is 0 Å². The Balaban J connectivity index is 2.99. The van der Waals surface area contributed by atoms with Gasteiger partial charge < -0.3 is 0 Å². The summed E-state index contributed by atoms with van der Waals surface area (Å²) in [5.41, 5.74) is 0. The maximum absolute atomic E-state index is 10.9. The van der Waals surface area contributed by atoms with Gasteiger partial charge in [0, 0.05) is 0 Å². The van der Waals surface area contributed by atoms with E-state index in [0.717, 1.165) is 15.6 Å². The van der Waals surface area contributed by atoms with Crippen LogP contribution >= 0.6 is 0 Å². The second-order valence-electron chi connectivity index (χ2n) is 0.760. The first-order valence-corrected chi connectivity index (χ1v) is 3.17. The molecular weight excluding hydrogens is 127 g/mol. The van der Waals surface area contributed by atoms with Gasteiger partial charge in [-0.3, -0.25) is 0 Å². The highest BCUT2D eigenvalue weighted by molar-refractivity contribution is 6.48. The molecule has 0 amide bonds. The SMILES string of the molecule is FN[SiH](NF)NF. The Labute approximate surface area is 39.5 Å². The Morgan fingerprint density at radius 3 is 1.14 bits per heavy atom. The minimum absolute atomic E-state index is 0.868. The molecule has 0 unspecified atom stereocenters. The summed E-state index contributed by atoms with van der Waals surface area (Å²) in [6.07, 6.45) is 0. The predicted octanol–water partition coefficient (Wildman–Crippen LogP) is -0.874. The molecule has 0 aliphatic rings. The molecule has 0 aliphatic carbocycles. The van der Waals surface area contributed by atoms with E-state index in [1.165, 1.54) is 0 Å². The van der Waals surface area contributed by atoms with Crippen LogP contribution in [0.5, 0.6) is 0 Å². The van der Waals surface area contributed by atoms with Crippen LogP contribution in [-0.2, 0) is 0 Å². The molecule has 0 rings (SSSR count). The van der Waals surface area contributed by atoms with Gasteiger partial charge in [0.1, 0.15) is 0 Å². The molecule has 7 heteroatoms. The summed E-state index contributed by atoms with van der Waals surface area (Å²) in [5.74, 6) is 0. The zero-order chi connectivity index (χ0) is 5.70. The minimum Gasteiger partial charge on any atom is -0.151 e. The van der Waals surface area contributed by atoms with E-state index in [-0.39, 0.29) is 0 Å². The summed E-state index contributed by atoms with van der Waals surface area (Å²) >= 11 is 0. The molecule has 0 saturated heterocycles. The fourth-order valence-corrected chi connectivity index (χ4v) is 0.186. The quantitative estimate of drug-likeness (QED) is 0.344. The third-order valence-corrected chi connectivity index (χ3v) is 0.982. The van der Waals surface area contributed by atoms with Crippen molar-refractivity contribution in [3.05, 3.63) is 0 Å². The molecule has 0 aromatic carbocycles. The van der Waals surface area contributed by atoms with Crippen molar-refractivity contribution in [1.82, 2.24) is 15.6 Å². The summed E-state index contributed by atoms with van der Waals surface area (Å²) in [6.45, 7) is 0. The van der Waals surface area contributed by atoms with Crippen LogP contribution in [0.1, 0.15) is 0 Å². The van der Waals surface area contributed by atoms with Gasteiger partial charge in [-0.15, -0.1) is 13.4 Å². The number of halogens is 3. The van der Waals surface area contributed by atoms with Crippen LogP contribution in [0, 0.1) is 0 Å². The molecule has 0 saturated carbocycles. The van der Waals surface area contributed by atoms with Gasteiger partial charge in [0.15, 0.2) is 0 Å². The molecule has 0 aliphatic heterocycles. The van der Waals surface area contributed by atoms with Crippen LogP contribution in [0.4, 0.5) is 13.4 Å². The predicted molar refractivity (Wildman–Crippen MR) is 19.9 cm³/mol. The molecule has 3 N–H and O–H groups in total. The normalized spacial score (nSPS) is 10.3. The highest BCUT2D eigenvalue weighted by Crippen LogP contribution is 1.63. The van der Waals surface area contributed by atoms with Crippen molar-refractivity contribution in [1.29, 1.82) is 0 Å². The lowest BCUT2D eigenvalue weighted by molar-refractivity contribution is 0.332. The van der Waals surface area contributed by atoms with E-state index < -0.39 is 9.28 Å². The zero-order valence-corrected chi connectivity index (χ0v) is 4.37. The lowest BCUT2D eigenvalue weighted by atomic mass is 13.6. The van der Waals surface area contributed by atoms with E-state index in [2.05, 4.69) is 0 Å². The monoisotopic (exact) mass is 131 g/mol. The van der Waals surface area contributed by atoms with Gasteiger partial charge in [-0.05, 0) is 0 Å². The van der Waals surface area contributed by atoms with Crippen molar-refractivity contribution in [3.63, 3.8) is 0 Å². The van der Waals surface area contributed by atoms with Crippen molar-refractivity contribution >= 4 is 9.28 Å². The van der Waals surface area contributed by atoms with Gasteiger partial charge in [0.25, 0.3) is 0 Å². The zero-order valence-electron chi connectivity index (χ0n) is 3.21. The average molecular weight is 131 g/mol. The maximum atomic E-state index is 10.9. The fraction of sp³-hybridized carbons (Fsp3) is 0. The lowest BCUT2D eigenvalue weighted by Crippen LogP contribution is -2.48. The third kappa shape index (κ3) is 2.57. The topological polar surface area (TPSA) is 36.1 Å². The molecule has 7 heavy (non-hydrogen) atoms. The van der Waals surface area contributed by atoms with E-state index in [9.17, 15) is 13.4 Å². The Morgan fingerprint density at radius 2 is 1.14 bits per heavy atom. The van der Waals surface area contributed by atoms with Crippen molar-refractivity contribution < 1.29 is 13.4 Å². The van der Waals surface area contributed by atoms with E-state index in [4.69, 9.17) is 0 Å². The number of hydrogen-bond acceptors (Lipinski definition) is 3. The first kappa shape index (κ1) is 6.89. The molecule has 0 heterocycles. The van der Waals surface area contributed by atoms with Crippen LogP contribution in [-0.4, -0.2) is 9.28 Å². The van der Waals surface area contributed by atoms with Gasteiger partial charge in [-0.25, -0.2) is 0 Å². The molecule has 44 valence electrons.